The summed E-state index contributed by atoms with van der Waals surface area (Å²) >= 11 is 5.71. The third-order valence-corrected chi connectivity index (χ3v) is 2.60. The van der Waals surface area contributed by atoms with E-state index >= 15 is 0 Å². The quantitative estimate of drug-likeness (QED) is 0.680. The van der Waals surface area contributed by atoms with E-state index in [-0.39, 0.29) is 4.47 Å². The van der Waals surface area contributed by atoms with Crippen LogP contribution in [-0.4, -0.2) is 23.4 Å². The molecule has 0 N–H and O–H groups in total. The molecule has 0 aliphatic heterocycles. The van der Waals surface area contributed by atoms with E-state index in [0.717, 1.165) is 6.20 Å². The predicted octanol–water partition coefficient (Wildman–Crippen LogP) is 4.48. The minimum absolute atomic E-state index is 0.129. The molecule has 0 spiro atoms. The maximum atomic E-state index is 12.2. The molecule has 0 aliphatic rings. The normalized spacial score (nSPS) is 12.9. The van der Waals surface area contributed by atoms with Crippen LogP contribution in [0.15, 0.2) is 21.2 Å². The van der Waals surface area contributed by atoms with E-state index in [9.17, 15) is 26.3 Å². The highest BCUT2D eigenvalue weighted by Gasteiger charge is 2.59. The van der Waals surface area contributed by atoms with Gasteiger partial charge in [-0.05, 0) is 37.9 Å². The van der Waals surface area contributed by atoms with Crippen molar-refractivity contribution in [1.29, 1.82) is 0 Å². The lowest BCUT2D eigenvalue weighted by Crippen LogP contribution is -2.46. The van der Waals surface area contributed by atoms with E-state index < -0.39 is 24.3 Å². The second-order valence-electron chi connectivity index (χ2n) is 3.02. The number of rotatable bonds is 2. The number of hydrogen-bond acceptors (Lipinski definition) is 2. The van der Waals surface area contributed by atoms with Crippen LogP contribution in [0.2, 0.25) is 0 Å². The molecule has 0 saturated carbocycles. The van der Waals surface area contributed by atoms with Gasteiger partial charge in [0, 0.05) is 10.7 Å². The SMILES string of the molecule is FC(F)(F)C(Oc1ncc(Br)cc1Br)C(F)(F)F. The molecule has 0 radical (unpaired) electrons. The van der Waals surface area contributed by atoms with Crippen LogP contribution in [-0.2, 0) is 0 Å². The molecule has 2 nitrogen and oxygen atoms in total. The Bertz CT molecular complexity index is 419. The van der Waals surface area contributed by atoms with Crippen LogP contribution >= 0.6 is 31.9 Å². The topological polar surface area (TPSA) is 22.1 Å². The van der Waals surface area contributed by atoms with Crippen molar-refractivity contribution in [2.45, 2.75) is 18.5 Å². The zero-order valence-corrected chi connectivity index (χ0v) is 11.3. The summed E-state index contributed by atoms with van der Waals surface area (Å²) < 4.78 is 77.4. The van der Waals surface area contributed by atoms with Gasteiger partial charge in [-0.15, -0.1) is 0 Å². The average Bonchev–Trinajstić information content (AvgIpc) is 2.12. The Morgan fingerprint density at radius 1 is 1.06 bits per heavy atom. The van der Waals surface area contributed by atoms with Crippen LogP contribution in [0.4, 0.5) is 26.3 Å². The molecule has 1 aromatic rings. The predicted molar refractivity (Wildman–Crippen MR) is 56.2 cm³/mol. The van der Waals surface area contributed by atoms with Crippen molar-refractivity contribution < 1.29 is 31.1 Å². The summed E-state index contributed by atoms with van der Waals surface area (Å²) in [5.74, 6) is -0.794. The van der Waals surface area contributed by atoms with E-state index in [1.807, 2.05) is 0 Å². The molecule has 0 fully saturated rings. The molecule has 0 amide bonds. The highest BCUT2D eigenvalue weighted by atomic mass is 79.9. The second kappa shape index (κ2) is 5.24. The maximum absolute atomic E-state index is 12.2. The van der Waals surface area contributed by atoms with Crippen LogP contribution in [0.3, 0.4) is 0 Å². The summed E-state index contributed by atoms with van der Waals surface area (Å²) in [4.78, 5) is 3.33. The van der Waals surface area contributed by atoms with Gasteiger partial charge in [0.25, 0.3) is 6.10 Å². The zero-order valence-electron chi connectivity index (χ0n) is 8.11. The number of ether oxygens (including phenoxy) is 1. The first-order valence-electron chi connectivity index (χ1n) is 4.13. The number of pyridine rings is 1. The molecule has 0 atom stereocenters. The van der Waals surface area contributed by atoms with Gasteiger partial charge in [0.1, 0.15) is 0 Å². The molecule has 18 heavy (non-hydrogen) atoms. The Hall–Kier alpha value is -0.510. The highest BCUT2D eigenvalue weighted by molar-refractivity contribution is 9.11. The van der Waals surface area contributed by atoms with Gasteiger partial charge in [0.2, 0.25) is 5.88 Å². The smallest absolute Gasteiger partial charge is 0.434 e. The molecular formula is C8H3Br2F6NO. The van der Waals surface area contributed by atoms with Crippen molar-refractivity contribution in [3.63, 3.8) is 0 Å². The lowest BCUT2D eigenvalue weighted by Gasteiger charge is -2.23. The molecule has 1 heterocycles. The molecule has 0 unspecified atom stereocenters. The number of alkyl halides is 6. The summed E-state index contributed by atoms with van der Waals surface area (Å²) in [5.41, 5.74) is 0. The largest absolute Gasteiger partial charge is 0.454 e. The number of hydrogen-bond donors (Lipinski definition) is 0. The minimum atomic E-state index is -5.58. The zero-order chi connectivity index (χ0) is 14.1. The van der Waals surface area contributed by atoms with Crippen molar-refractivity contribution in [1.82, 2.24) is 4.98 Å². The Kier molecular flexibility index (Phi) is 4.52. The van der Waals surface area contributed by atoms with Crippen LogP contribution in [0.25, 0.3) is 0 Å². The van der Waals surface area contributed by atoms with E-state index in [1.54, 1.807) is 0 Å². The molecule has 0 aromatic carbocycles. The Labute approximate surface area is 114 Å². The molecule has 102 valence electrons. The monoisotopic (exact) mass is 401 g/mol. The molecule has 0 bridgehead atoms. The van der Waals surface area contributed by atoms with Crippen LogP contribution in [0, 0.1) is 0 Å². The second-order valence-corrected chi connectivity index (χ2v) is 4.79. The van der Waals surface area contributed by atoms with Gasteiger partial charge in [0.15, 0.2) is 0 Å². The van der Waals surface area contributed by atoms with E-state index in [2.05, 4.69) is 41.6 Å². The first-order valence-corrected chi connectivity index (χ1v) is 5.71. The van der Waals surface area contributed by atoms with Crippen LogP contribution in [0.5, 0.6) is 5.88 Å². The van der Waals surface area contributed by atoms with E-state index in [4.69, 9.17) is 0 Å². The van der Waals surface area contributed by atoms with E-state index in [0.29, 0.717) is 4.47 Å². The van der Waals surface area contributed by atoms with Gasteiger partial charge >= 0.3 is 12.4 Å². The van der Waals surface area contributed by atoms with Crippen molar-refractivity contribution >= 4 is 31.9 Å². The summed E-state index contributed by atoms with van der Waals surface area (Å²) in [6.07, 6.45) is -14.1. The van der Waals surface area contributed by atoms with Gasteiger partial charge in [-0.3, -0.25) is 0 Å². The van der Waals surface area contributed by atoms with Crippen LogP contribution < -0.4 is 4.74 Å². The van der Waals surface area contributed by atoms with Crippen molar-refractivity contribution in [2.75, 3.05) is 0 Å². The molecule has 0 aliphatic carbocycles. The molecule has 1 aromatic heterocycles. The highest BCUT2D eigenvalue weighted by Crippen LogP contribution is 2.37. The molecular weight excluding hydrogens is 400 g/mol. The fourth-order valence-electron chi connectivity index (χ4n) is 0.920. The Morgan fingerprint density at radius 3 is 1.94 bits per heavy atom. The third kappa shape index (κ3) is 4.01. The molecule has 0 saturated heterocycles. The van der Waals surface area contributed by atoms with Gasteiger partial charge in [-0.2, -0.15) is 26.3 Å². The Balaban J connectivity index is 3.05. The Morgan fingerprint density at radius 2 is 1.56 bits per heavy atom. The molecule has 10 heteroatoms. The number of halogens is 8. The maximum Gasteiger partial charge on any atom is 0.434 e. The van der Waals surface area contributed by atoms with Gasteiger partial charge in [-0.25, -0.2) is 4.98 Å². The summed E-state index contributed by atoms with van der Waals surface area (Å²) in [5, 5.41) is 0. The van der Waals surface area contributed by atoms with Gasteiger partial charge in [-0.1, -0.05) is 0 Å². The fraction of sp³-hybridized carbons (Fsp3) is 0.375. The van der Waals surface area contributed by atoms with Crippen LogP contribution in [0.1, 0.15) is 0 Å². The standard InChI is InChI=1S/C8H3Br2F6NO/c9-3-1-4(10)5(17-2-3)18-6(7(11,12)13)8(14,15)16/h1-2,6H. The molecule has 1 rings (SSSR count). The van der Waals surface area contributed by atoms with Gasteiger partial charge in [0.05, 0.1) is 4.47 Å². The fourth-order valence-corrected chi connectivity index (χ4v) is 2.00. The first kappa shape index (κ1) is 15.5. The van der Waals surface area contributed by atoms with Gasteiger partial charge < -0.3 is 4.74 Å². The first-order chi connectivity index (χ1) is 8.01. The minimum Gasteiger partial charge on any atom is -0.454 e. The summed E-state index contributed by atoms with van der Waals surface area (Å²) in [6, 6.07) is 1.21. The number of aromatic nitrogens is 1. The van der Waals surface area contributed by atoms with Crippen molar-refractivity contribution in [3.8, 4) is 5.88 Å². The van der Waals surface area contributed by atoms with Crippen molar-refractivity contribution in [2.24, 2.45) is 0 Å². The third-order valence-electron chi connectivity index (χ3n) is 1.60. The lowest BCUT2D eigenvalue weighted by molar-refractivity contribution is -0.300. The lowest BCUT2D eigenvalue weighted by atomic mass is 10.3. The summed E-state index contributed by atoms with van der Waals surface area (Å²) in [7, 11) is 0. The van der Waals surface area contributed by atoms with E-state index in [1.165, 1.54) is 6.07 Å². The summed E-state index contributed by atoms with van der Waals surface area (Å²) in [6.45, 7) is 0. The average molecular weight is 403 g/mol. The number of nitrogens with zero attached hydrogens (tertiary/aromatic N) is 1. The van der Waals surface area contributed by atoms with Crippen molar-refractivity contribution in [3.05, 3.63) is 21.2 Å².